The van der Waals surface area contributed by atoms with Gasteiger partial charge < -0.3 is 14.9 Å². The van der Waals surface area contributed by atoms with E-state index in [4.69, 9.17) is 10.6 Å². The number of carbonyl (C=O) groups excluding carboxylic acids is 1. The molecule has 5 nitrogen and oxygen atoms in total. The molecule has 0 aromatic heterocycles. The van der Waals surface area contributed by atoms with Crippen molar-refractivity contribution in [2.45, 2.75) is 25.7 Å². The van der Waals surface area contributed by atoms with Gasteiger partial charge in [0.15, 0.2) is 0 Å². The summed E-state index contributed by atoms with van der Waals surface area (Å²) < 4.78 is 5.22. The van der Waals surface area contributed by atoms with Crippen molar-refractivity contribution in [1.29, 1.82) is 0 Å². The molecule has 0 saturated carbocycles. The summed E-state index contributed by atoms with van der Waals surface area (Å²) in [5.41, 5.74) is 0. The third-order valence-electron chi connectivity index (χ3n) is 2.53. The molecule has 0 aromatic rings. The predicted molar refractivity (Wildman–Crippen MR) is 55.9 cm³/mol. The molecule has 3 N–H and O–H groups in total. The molecule has 0 spiro atoms. The number of rotatable bonds is 7. The summed E-state index contributed by atoms with van der Waals surface area (Å²) in [5, 5.41) is 2.91. The van der Waals surface area contributed by atoms with Crippen molar-refractivity contribution in [3.05, 3.63) is 0 Å². The molecular formula is C10H20N2O3. The Kier molecular flexibility index (Phi) is 6.31. The van der Waals surface area contributed by atoms with Crippen LogP contribution < -0.4 is 11.2 Å². The fourth-order valence-electron chi connectivity index (χ4n) is 1.56. The maximum Gasteiger partial charge on any atom is 0.220 e. The van der Waals surface area contributed by atoms with Crippen LogP contribution in [0.5, 0.6) is 0 Å². The molecule has 0 aromatic carbocycles. The summed E-state index contributed by atoms with van der Waals surface area (Å²) in [6.07, 6.45) is 3.26. The maximum absolute atomic E-state index is 11.3. The molecule has 15 heavy (non-hydrogen) atoms. The average Bonchev–Trinajstić information content (AvgIpc) is 2.74. The van der Waals surface area contributed by atoms with E-state index in [1.807, 2.05) is 0 Å². The van der Waals surface area contributed by atoms with Crippen molar-refractivity contribution in [3.8, 4) is 0 Å². The average molecular weight is 216 g/mol. The minimum atomic E-state index is 0.110. The van der Waals surface area contributed by atoms with Gasteiger partial charge in [-0.2, -0.15) is 0 Å². The zero-order chi connectivity index (χ0) is 10.9. The molecule has 1 aliphatic rings. The second-order valence-corrected chi connectivity index (χ2v) is 3.86. The van der Waals surface area contributed by atoms with Crippen molar-refractivity contribution in [2.24, 2.45) is 11.8 Å². The van der Waals surface area contributed by atoms with Crippen LogP contribution >= 0.6 is 0 Å². The Labute approximate surface area is 90.3 Å². The molecule has 1 unspecified atom stereocenters. The van der Waals surface area contributed by atoms with Crippen LogP contribution in [0.1, 0.15) is 25.7 Å². The molecule has 1 rings (SSSR count). The van der Waals surface area contributed by atoms with Gasteiger partial charge in [-0.05, 0) is 19.3 Å². The quantitative estimate of drug-likeness (QED) is 0.471. The lowest BCUT2D eigenvalue weighted by Crippen LogP contribution is -2.29. The van der Waals surface area contributed by atoms with E-state index in [0.717, 1.165) is 39.0 Å². The van der Waals surface area contributed by atoms with Crippen LogP contribution in [0.2, 0.25) is 0 Å². The molecule has 0 bridgehead atoms. The summed E-state index contributed by atoms with van der Waals surface area (Å²) in [5.74, 6) is 5.48. The highest BCUT2D eigenvalue weighted by molar-refractivity contribution is 5.75. The van der Waals surface area contributed by atoms with Gasteiger partial charge in [-0.25, -0.2) is 5.90 Å². The van der Waals surface area contributed by atoms with Gasteiger partial charge in [0.05, 0.1) is 13.2 Å². The second kappa shape index (κ2) is 7.62. The Hall–Kier alpha value is -0.650. The molecule has 5 heteroatoms. The maximum atomic E-state index is 11.3. The zero-order valence-electron chi connectivity index (χ0n) is 9.04. The van der Waals surface area contributed by atoms with Crippen molar-refractivity contribution in [3.63, 3.8) is 0 Å². The fourth-order valence-corrected chi connectivity index (χ4v) is 1.56. The van der Waals surface area contributed by atoms with Crippen molar-refractivity contribution >= 4 is 5.91 Å². The Morgan fingerprint density at radius 1 is 1.53 bits per heavy atom. The number of nitrogens with one attached hydrogen (secondary N) is 1. The van der Waals surface area contributed by atoms with Crippen molar-refractivity contribution < 1.29 is 14.4 Å². The Morgan fingerprint density at radius 3 is 3.07 bits per heavy atom. The lowest BCUT2D eigenvalue weighted by atomic mass is 10.1. The van der Waals surface area contributed by atoms with E-state index in [2.05, 4.69) is 10.2 Å². The summed E-state index contributed by atoms with van der Waals surface area (Å²) in [6, 6.07) is 0. The molecule has 1 aliphatic heterocycles. The molecule has 1 saturated heterocycles. The fraction of sp³-hybridized carbons (Fsp3) is 0.900. The summed E-state index contributed by atoms with van der Waals surface area (Å²) in [7, 11) is 0. The highest BCUT2D eigenvalue weighted by Gasteiger charge is 2.15. The largest absolute Gasteiger partial charge is 0.381 e. The SMILES string of the molecule is NOCCCCC(=O)NCC1CCOC1. The van der Waals surface area contributed by atoms with Gasteiger partial charge >= 0.3 is 0 Å². The molecule has 1 atom stereocenters. The first kappa shape index (κ1) is 12.4. The van der Waals surface area contributed by atoms with Crippen LogP contribution in [0.25, 0.3) is 0 Å². The topological polar surface area (TPSA) is 73.6 Å². The lowest BCUT2D eigenvalue weighted by Gasteiger charge is -2.09. The first-order valence-electron chi connectivity index (χ1n) is 5.49. The van der Waals surface area contributed by atoms with E-state index >= 15 is 0 Å². The van der Waals surface area contributed by atoms with Crippen LogP contribution in [0.3, 0.4) is 0 Å². The van der Waals surface area contributed by atoms with Crippen molar-refractivity contribution in [1.82, 2.24) is 5.32 Å². The van der Waals surface area contributed by atoms with E-state index in [-0.39, 0.29) is 5.91 Å². The number of hydrogen-bond acceptors (Lipinski definition) is 4. The summed E-state index contributed by atoms with van der Waals surface area (Å²) >= 11 is 0. The first-order chi connectivity index (χ1) is 7.33. The smallest absolute Gasteiger partial charge is 0.220 e. The van der Waals surface area contributed by atoms with Gasteiger partial charge in [0.1, 0.15) is 0 Å². The number of amides is 1. The minimum Gasteiger partial charge on any atom is -0.381 e. The van der Waals surface area contributed by atoms with Gasteiger partial charge in [-0.3, -0.25) is 4.79 Å². The standard InChI is InChI=1S/C10H20N2O3/c11-15-5-2-1-3-10(13)12-7-9-4-6-14-8-9/h9H,1-8,11H2,(H,12,13). The van der Waals surface area contributed by atoms with Gasteiger partial charge in [-0.15, -0.1) is 0 Å². The second-order valence-electron chi connectivity index (χ2n) is 3.86. The molecular weight excluding hydrogens is 196 g/mol. The molecule has 1 heterocycles. The number of carbonyl (C=O) groups is 1. The third kappa shape index (κ3) is 5.71. The molecule has 88 valence electrons. The van der Waals surface area contributed by atoms with E-state index in [0.29, 0.717) is 18.9 Å². The van der Waals surface area contributed by atoms with Gasteiger partial charge in [0.25, 0.3) is 0 Å². The Balaban J connectivity index is 1.93. The van der Waals surface area contributed by atoms with E-state index < -0.39 is 0 Å². The minimum absolute atomic E-state index is 0.110. The molecule has 1 amide bonds. The van der Waals surface area contributed by atoms with E-state index in [1.165, 1.54) is 0 Å². The van der Waals surface area contributed by atoms with Gasteiger partial charge in [-0.1, -0.05) is 0 Å². The summed E-state index contributed by atoms with van der Waals surface area (Å²) in [6.45, 7) is 2.87. The van der Waals surface area contributed by atoms with E-state index in [1.54, 1.807) is 0 Å². The highest BCUT2D eigenvalue weighted by atomic mass is 16.6. The molecule has 1 fully saturated rings. The molecule has 0 radical (unpaired) electrons. The third-order valence-corrected chi connectivity index (χ3v) is 2.53. The predicted octanol–water partition coefficient (Wildman–Crippen LogP) is 0.200. The monoisotopic (exact) mass is 216 g/mol. The lowest BCUT2D eigenvalue weighted by molar-refractivity contribution is -0.121. The van der Waals surface area contributed by atoms with Gasteiger partial charge in [0, 0.05) is 25.5 Å². The van der Waals surface area contributed by atoms with Crippen molar-refractivity contribution in [2.75, 3.05) is 26.4 Å². The van der Waals surface area contributed by atoms with Crippen LogP contribution in [0, 0.1) is 5.92 Å². The highest BCUT2D eigenvalue weighted by Crippen LogP contribution is 2.10. The normalized spacial score (nSPS) is 20.5. The van der Waals surface area contributed by atoms with Crippen LogP contribution in [-0.2, 0) is 14.4 Å². The number of hydrogen-bond donors (Lipinski definition) is 2. The number of unbranched alkanes of at least 4 members (excludes halogenated alkanes) is 1. The number of nitrogens with two attached hydrogens (primary N) is 1. The molecule has 0 aliphatic carbocycles. The zero-order valence-corrected chi connectivity index (χ0v) is 9.04. The van der Waals surface area contributed by atoms with E-state index in [9.17, 15) is 4.79 Å². The summed E-state index contributed by atoms with van der Waals surface area (Å²) in [4.78, 5) is 15.8. The Bertz CT molecular complexity index is 182. The Morgan fingerprint density at radius 2 is 2.40 bits per heavy atom. The van der Waals surface area contributed by atoms with Crippen LogP contribution in [-0.4, -0.2) is 32.3 Å². The van der Waals surface area contributed by atoms with Crippen LogP contribution in [0.15, 0.2) is 0 Å². The number of ether oxygens (including phenoxy) is 1. The van der Waals surface area contributed by atoms with Gasteiger partial charge in [0.2, 0.25) is 5.91 Å². The first-order valence-corrected chi connectivity index (χ1v) is 5.49. The van der Waals surface area contributed by atoms with Crippen LogP contribution in [0.4, 0.5) is 0 Å².